The monoisotopic (exact) mass is 257 g/mol. The molecule has 2 nitrogen and oxygen atoms in total. The van der Waals surface area contributed by atoms with Gasteiger partial charge in [-0.1, -0.05) is 30.9 Å². The summed E-state index contributed by atoms with van der Waals surface area (Å²) in [6.07, 6.45) is 1.71. The molecule has 0 spiro atoms. The highest BCUT2D eigenvalue weighted by molar-refractivity contribution is 5.45. The summed E-state index contributed by atoms with van der Waals surface area (Å²) >= 11 is 0. The number of anilines is 1. The van der Waals surface area contributed by atoms with Crippen LogP contribution in [0.5, 0.6) is 5.75 Å². The van der Waals surface area contributed by atoms with Crippen LogP contribution in [0.3, 0.4) is 0 Å². The fourth-order valence-electron chi connectivity index (χ4n) is 1.70. The maximum absolute atomic E-state index is 12.8. The van der Waals surface area contributed by atoms with Gasteiger partial charge in [-0.05, 0) is 30.3 Å². The molecule has 0 radical (unpaired) electrons. The zero-order valence-electron chi connectivity index (χ0n) is 10.6. The smallest absolute Gasteiger partial charge is 0.124 e. The highest BCUT2D eigenvalue weighted by Crippen LogP contribution is 2.19. The van der Waals surface area contributed by atoms with Gasteiger partial charge in [-0.3, -0.25) is 0 Å². The summed E-state index contributed by atoms with van der Waals surface area (Å²) in [7, 11) is 0. The minimum absolute atomic E-state index is 0.236. The van der Waals surface area contributed by atoms with E-state index in [4.69, 9.17) is 4.74 Å². The minimum Gasteiger partial charge on any atom is -0.489 e. The topological polar surface area (TPSA) is 21.3 Å². The fourth-order valence-corrected chi connectivity index (χ4v) is 1.70. The van der Waals surface area contributed by atoms with Crippen molar-refractivity contribution in [1.29, 1.82) is 0 Å². The number of benzene rings is 2. The highest BCUT2D eigenvalue weighted by atomic mass is 19.1. The lowest BCUT2D eigenvalue weighted by Gasteiger charge is -2.11. The molecule has 0 amide bonds. The van der Waals surface area contributed by atoms with Gasteiger partial charge in [0.15, 0.2) is 0 Å². The second-order valence-electron chi connectivity index (χ2n) is 4.07. The van der Waals surface area contributed by atoms with Crippen molar-refractivity contribution in [2.45, 2.75) is 6.54 Å². The molecule has 0 aliphatic heterocycles. The van der Waals surface area contributed by atoms with E-state index in [9.17, 15) is 4.39 Å². The summed E-state index contributed by atoms with van der Waals surface area (Å²) < 4.78 is 18.4. The van der Waals surface area contributed by atoms with Gasteiger partial charge >= 0.3 is 0 Å². The number of hydrogen-bond acceptors (Lipinski definition) is 2. The van der Waals surface area contributed by atoms with Crippen LogP contribution in [0.25, 0.3) is 0 Å². The number of rotatable bonds is 6. The van der Waals surface area contributed by atoms with Gasteiger partial charge in [-0.25, -0.2) is 4.39 Å². The molecular weight excluding hydrogens is 241 g/mol. The second-order valence-corrected chi connectivity index (χ2v) is 4.07. The fraction of sp³-hybridized carbons (Fsp3) is 0.125. The molecule has 0 unspecified atom stereocenters. The Morgan fingerprint density at radius 3 is 2.58 bits per heavy atom. The van der Waals surface area contributed by atoms with Crippen LogP contribution < -0.4 is 10.1 Å². The van der Waals surface area contributed by atoms with E-state index in [1.54, 1.807) is 18.2 Å². The molecule has 0 aliphatic carbocycles. The van der Waals surface area contributed by atoms with E-state index in [-0.39, 0.29) is 5.82 Å². The predicted octanol–water partition coefficient (Wildman–Crippen LogP) is 4.00. The Morgan fingerprint density at radius 2 is 1.84 bits per heavy atom. The van der Waals surface area contributed by atoms with Crippen molar-refractivity contribution in [3.8, 4) is 5.75 Å². The van der Waals surface area contributed by atoms with Crippen LogP contribution in [0.2, 0.25) is 0 Å². The molecule has 0 atom stereocenters. The molecule has 0 heterocycles. The molecule has 0 bridgehead atoms. The molecule has 0 fully saturated rings. The average molecular weight is 257 g/mol. The maximum Gasteiger partial charge on any atom is 0.124 e. The first-order valence-corrected chi connectivity index (χ1v) is 6.10. The van der Waals surface area contributed by atoms with Crippen LogP contribution in [0.4, 0.5) is 10.1 Å². The van der Waals surface area contributed by atoms with E-state index >= 15 is 0 Å². The van der Waals surface area contributed by atoms with Crippen molar-refractivity contribution in [2.75, 3.05) is 11.9 Å². The number of hydrogen-bond donors (Lipinski definition) is 1. The lowest BCUT2D eigenvalue weighted by Crippen LogP contribution is -2.03. The Balaban J connectivity index is 2.02. The van der Waals surface area contributed by atoms with Gasteiger partial charge in [0.05, 0.1) is 0 Å². The molecule has 2 aromatic carbocycles. The first kappa shape index (κ1) is 13.1. The van der Waals surface area contributed by atoms with Gasteiger partial charge < -0.3 is 10.1 Å². The Kier molecular flexibility index (Phi) is 4.56. The van der Waals surface area contributed by atoms with Gasteiger partial charge in [-0.2, -0.15) is 0 Å². The summed E-state index contributed by atoms with van der Waals surface area (Å²) in [5.41, 5.74) is 1.92. The van der Waals surface area contributed by atoms with Crippen LogP contribution in [-0.4, -0.2) is 6.61 Å². The van der Waals surface area contributed by atoms with E-state index in [1.165, 1.54) is 12.1 Å². The number of para-hydroxylation sites is 1. The van der Waals surface area contributed by atoms with Crippen molar-refractivity contribution in [2.24, 2.45) is 0 Å². The van der Waals surface area contributed by atoms with Crippen LogP contribution in [0, 0.1) is 5.82 Å². The van der Waals surface area contributed by atoms with Crippen molar-refractivity contribution in [3.63, 3.8) is 0 Å². The van der Waals surface area contributed by atoms with Crippen LogP contribution in [-0.2, 0) is 6.54 Å². The van der Waals surface area contributed by atoms with Crippen molar-refractivity contribution >= 4 is 5.69 Å². The first-order chi connectivity index (χ1) is 9.29. The summed E-state index contributed by atoms with van der Waals surface area (Å²) in [4.78, 5) is 0. The van der Waals surface area contributed by atoms with Gasteiger partial charge in [-0.15, -0.1) is 0 Å². The second kappa shape index (κ2) is 6.59. The van der Waals surface area contributed by atoms with Crippen LogP contribution in [0.1, 0.15) is 5.56 Å². The van der Waals surface area contributed by atoms with Gasteiger partial charge in [0.25, 0.3) is 0 Å². The molecule has 3 heteroatoms. The molecule has 1 N–H and O–H groups in total. The van der Waals surface area contributed by atoms with E-state index in [0.717, 1.165) is 17.0 Å². The standard InChI is InChI=1S/C16H16FNO/c1-2-11-19-16-6-4-3-5-13(16)12-18-15-9-7-14(17)8-10-15/h2-10,18H,1,11-12H2. The Hall–Kier alpha value is -2.29. The molecule has 2 aromatic rings. The van der Waals surface area contributed by atoms with E-state index in [1.807, 2.05) is 24.3 Å². The molecule has 19 heavy (non-hydrogen) atoms. The zero-order valence-corrected chi connectivity index (χ0v) is 10.6. The molecule has 2 rings (SSSR count). The van der Waals surface area contributed by atoms with Crippen molar-refractivity contribution in [3.05, 3.63) is 72.6 Å². The third-order valence-electron chi connectivity index (χ3n) is 2.66. The Labute approximate surface area is 112 Å². The van der Waals surface area contributed by atoms with Gasteiger partial charge in [0.2, 0.25) is 0 Å². The summed E-state index contributed by atoms with van der Waals surface area (Å²) in [5.74, 6) is 0.595. The normalized spacial score (nSPS) is 9.95. The minimum atomic E-state index is -0.236. The number of halogens is 1. The molecule has 0 aliphatic rings. The quantitative estimate of drug-likeness (QED) is 0.790. The van der Waals surface area contributed by atoms with Crippen LogP contribution >= 0.6 is 0 Å². The molecule has 0 aromatic heterocycles. The van der Waals surface area contributed by atoms with Crippen molar-refractivity contribution in [1.82, 2.24) is 0 Å². The lowest BCUT2D eigenvalue weighted by atomic mass is 10.2. The number of nitrogens with one attached hydrogen (secondary N) is 1. The van der Waals surface area contributed by atoms with E-state index in [2.05, 4.69) is 11.9 Å². The van der Waals surface area contributed by atoms with Gasteiger partial charge in [0.1, 0.15) is 18.2 Å². The van der Waals surface area contributed by atoms with E-state index in [0.29, 0.717) is 13.2 Å². The van der Waals surface area contributed by atoms with Crippen molar-refractivity contribution < 1.29 is 9.13 Å². The molecular formula is C16H16FNO. The van der Waals surface area contributed by atoms with E-state index < -0.39 is 0 Å². The molecule has 0 saturated heterocycles. The van der Waals surface area contributed by atoms with Gasteiger partial charge in [0, 0.05) is 17.8 Å². The summed E-state index contributed by atoms with van der Waals surface area (Å²) in [6.45, 7) is 4.73. The largest absolute Gasteiger partial charge is 0.489 e. The summed E-state index contributed by atoms with van der Waals surface area (Å²) in [5, 5.41) is 3.23. The SMILES string of the molecule is C=CCOc1ccccc1CNc1ccc(F)cc1. The van der Waals surface area contributed by atoms with Crippen LogP contribution in [0.15, 0.2) is 61.2 Å². The number of ether oxygens (including phenoxy) is 1. The maximum atomic E-state index is 12.8. The lowest BCUT2D eigenvalue weighted by molar-refractivity contribution is 0.359. The predicted molar refractivity (Wildman–Crippen MR) is 75.9 cm³/mol. The third kappa shape index (κ3) is 3.85. The molecule has 0 saturated carbocycles. The first-order valence-electron chi connectivity index (χ1n) is 6.10. The zero-order chi connectivity index (χ0) is 13.5. The Bertz CT molecular complexity index is 537. The highest BCUT2D eigenvalue weighted by Gasteiger charge is 2.02. The summed E-state index contributed by atoms with van der Waals surface area (Å²) in [6, 6.07) is 14.1. The third-order valence-corrected chi connectivity index (χ3v) is 2.66. The molecule has 98 valence electrons. The Morgan fingerprint density at radius 1 is 1.11 bits per heavy atom. The average Bonchev–Trinajstić information content (AvgIpc) is 2.45.